The standard InChI is InChI=1S/C13H13NO4/c1-7-10(6-11(15)18-2)8-4-3-5-9(13(16)17)12(8)14-7/h3-5,14H,6H2,1-2H3,(H,16,17). The molecule has 94 valence electrons. The lowest BCUT2D eigenvalue weighted by Crippen LogP contribution is -2.05. The number of carbonyl (C=O) groups is 2. The number of methoxy groups -OCH3 is 1. The normalized spacial score (nSPS) is 10.6. The summed E-state index contributed by atoms with van der Waals surface area (Å²) in [6, 6.07) is 4.99. The van der Waals surface area contributed by atoms with Crippen LogP contribution in [-0.2, 0) is 16.0 Å². The average molecular weight is 247 g/mol. The highest BCUT2D eigenvalue weighted by Crippen LogP contribution is 2.25. The summed E-state index contributed by atoms with van der Waals surface area (Å²) in [5, 5.41) is 9.85. The molecule has 0 aliphatic rings. The van der Waals surface area contributed by atoms with Crippen molar-refractivity contribution in [2.45, 2.75) is 13.3 Å². The van der Waals surface area contributed by atoms with Gasteiger partial charge in [0.2, 0.25) is 0 Å². The van der Waals surface area contributed by atoms with Crippen LogP contribution < -0.4 is 0 Å². The first-order chi connectivity index (χ1) is 8.54. The topological polar surface area (TPSA) is 79.4 Å². The van der Waals surface area contributed by atoms with Gasteiger partial charge >= 0.3 is 11.9 Å². The van der Waals surface area contributed by atoms with E-state index in [1.807, 2.05) is 6.92 Å². The zero-order valence-corrected chi connectivity index (χ0v) is 10.1. The fourth-order valence-corrected chi connectivity index (χ4v) is 2.03. The van der Waals surface area contributed by atoms with Gasteiger partial charge < -0.3 is 14.8 Å². The van der Waals surface area contributed by atoms with Gasteiger partial charge in [0, 0.05) is 11.1 Å². The van der Waals surface area contributed by atoms with E-state index in [4.69, 9.17) is 5.11 Å². The van der Waals surface area contributed by atoms with E-state index < -0.39 is 5.97 Å². The number of carboxylic acid groups (broad SMARTS) is 1. The fraction of sp³-hybridized carbons (Fsp3) is 0.231. The van der Waals surface area contributed by atoms with E-state index in [2.05, 4.69) is 9.72 Å². The van der Waals surface area contributed by atoms with E-state index in [-0.39, 0.29) is 18.0 Å². The molecule has 1 heterocycles. The summed E-state index contributed by atoms with van der Waals surface area (Å²) < 4.78 is 4.64. The highest BCUT2D eigenvalue weighted by Gasteiger charge is 2.16. The van der Waals surface area contributed by atoms with Crippen molar-refractivity contribution in [3.8, 4) is 0 Å². The van der Waals surface area contributed by atoms with Crippen molar-refractivity contribution in [1.82, 2.24) is 4.98 Å². The molecule has 0 saturated carbocycles. The minimum Gasteiger partial charge on any atom is -0.478 e. The third-order valence-electron chi connectivity index (χ3n) is 2.93. The van der Waals surface area contributed by atoms with Crippen LogP contribution in [0.5, 0.6) is 0 Å². The number of carbonyl (C=O) groups excluding carboxylic acids is 1. The highest BCUT2D eigenvalue weighted by atomic mass is 16.5. The maximum absolute atomic E-state index is 11.3. The Morgan fingerprint density at radius 3 is 2.72 bits per heavy atom. The second kappa shape index (κ2) is 4.52. The highest BCUT2D eigenvalue weighted by molar-refractivity contribution is 6.04. The molecule has 0 fully saturated rings. The van der Waals surface area contributed by atoms with Crippen molar-refractivity contribution in [2.75, 3.05) is 7.11 Å². The molecule has 2 rings (SSSR count). The Morgan fingerprint density at radius 1 is 1.39 bits per heavy atom. The number of rotatable bonds is 3. The number of aromatic amines is 1. The fourth-order valence-electron chi connectivity index (χ4n) is 2.03. The van der Waals surface area contributed by atoms with Gasteiger partial charge in [-0.15, -0.1) is 0 Å². The molecule has 0 atom stereocenters. The summed E-state index contributed by atoms with van der Waals surface area (Å²) in [5.41, 5.74) is 2.30. The number of aromatic nitrogens is 1. The van der Waals surface area contributed by atoms with Gasteiger partial charge in [0.15, 0.2) is 0 Å². The Kier molecular flexibility index (Phi) is 3.06. The van der Waals surface area contributed by atoms with Gasteiger partial charge in [-0.1, -0.05) is 12.1 Å². The molecule has 5 nitrogen and oxygen atoms in total. The quantitative estimate of drug-likeness (QED) is 0.812. The van der Waals surface area contributed by atoms with Crippen LogP contribution in [0.25, 0.3) is 10.9 Å². The number of ether oxygens (including phenoxy) is 1. The van der Waals surface area contributed by atoms with E-state index >= 15 is 0 Å². The Morgan fingerprint density at radius 2 is 2.11 bits per heavy atom. The minimum absolute atomic E-state index is 0.130. The number of H-pyrrole nitrogens is 1. The van der Waals surface area contributed by atoms with Crippen molar-refractivity contribution >= 4 is 22.8 Å². The smallest absolute Gasteiger partial charge is 0.337 e. The molecular formula is C13H13NO4. The molecule has 1 aromatic carbocycles. The summed E-state index contributed by atoms with van der Waals surface area (Å²) in [6.45, 7) is 1.81. The lowest BCUT2D eigenvalue weighted by molar-refractivity contribution is -0.139. The van der Waals surface area contributed by atoms with Crippen molar-refractivity contribution in [3.05, 3.63) is 35.0 Å². The van der Waals surface area contributed by atoms with E-state index in [1.54, 1.807) is 12.1 Å². The van der Waals surface area contributed by atoms with Crippen molar-refractivity contribution < 1.29 is 19.4 Å². The molecule has 2 aromatic rings. The van der Waals surface area contributed by atoms with Crippen molar-refractivity contribution in [2.24, 2.45) is 0 Å². The van der Waals surface area contributed by atoms with Crippen LogP contribution in [0.15, 0.2) is 18.2 Å². The molecule has 2 N–H and O–H groups in total. The van der Waals surface area contributed by atoms with E-state index in [0.29, 0.717) is 5.52 Å². The number of carboxylic acids is 1. The van der Waals surface area contributed by atoms with Gasteiger partial charge in [0.25, 0.3) is 0 Å². The number of aromatic carboxylic acids is 1. The molecule has 0 saturated heterocycles. The molecule has 0 aliphatic heterocycles. The molecule has 0 bridgehead atoms. The summed E-state index contributed by atoms with van der Waals surface area (Å²) in [5.74, 6) is -1.34. The Bertz CT molecular complexity index is 627. The summed E-state index contributed by atoms with van der Waals surface area (Å²) in [4.78, 5) is 25.5. The zero-order valence-electron chi connectivity index (χ0n) is 10.1. The lowest BCUT2D eigenvalue weighted by Gasteiger charge is -2.00. The van der Waals surface area contributed by atoms with Crippen molar-refractivity contribution in [1.29, 1.82) is 0 Å². The summed E-state index contributed by atoms with van der Waals surface area (Å²) in [7, 11) is 1.33. The molecular weight excluding hydrogens is 234 g/mol. The van der Waals surface area contributed by atoms with Crippen LogP contribution in [0.3, 0.4) is 0 Å². The van der Waals surface area contributed by atoms with Gasteiger partial charge in [0.1, 0.15) is 0 Å². The SMILES string of the molecule is COC(=O)Cc1c(C)[nH]c2c(C(=O)O)cccc12. The average Bonchev–Trinajstić information content (AvgIpc) is 2.65. The number of aryl methyl sites for hydroxylation is 1. The van der Waals surface area contributed by atoms with Gasteiger partial charge in [-0.25, -0.2) is 4.79 Å². The second-order valence-corrected chi connectivity index (χ2v) is 4.01. The Balaban J connectivity index is 2.62. The Hall–Kier alpha value is -2.30. The molecule has 0 spiro atoms. The Labute approximate surface area is 103 Å². The molecule has 5 heteroatoms. The van der Waals surface area contributed by atoms with Crippen LogP contribution in [-0.4, -0.2) is 29.1 Å². The second-order valence-electron chi connectivity index (χ2n) is 4.01. The van der Waals surface area contributed by atoms with Crippen molar-refractivity contribution in [3.63, 3.8) is 0 Å². The number of nitrogens with one attached hydrogen (secondary N) is 1. The molecule has 0 radical (unpaired) electrons. The van der Waals surface area contributed by atoms with Gasteiger partial charge in [-0.05, 0) is 18.6 Å². The number of fused-ring (bicyclic) bond motifs is 1. The molecule has 0 amide bonds. The first kappa shape index (κ1) is 12.2. The van der Waals surface area contributed by atoms with Crippen LogP contribution in [0.2, 0.25) is 0 Å². The third-order valence-corrected chi connectivity index (χ3v) is 2.93. The molecule has 0 unspecified atom stereocenters. The first-order valence-corrected chi connectivity index (χ1v) is 5.45. The predicted molar refractivity (Wildman–Crippen MR) is 65.7 cm³/mol. The van der Waals surface area contributed by atoms with Gasteiger partial charge in [-0.2, -0.15) is 0 Å². The summed E-state index contributed by atoms with van der Waals surface area (Å²) in [6.07, 6.45) is 0.130. The predicted octanol–water partition coefficient (Wildman–Crippen LogP) is 1.89. The van der Waals surface area contributed by atoms with Crippen LogP contribution in [0.1, 0.15) is 21.6 Å². The maximum Gasteiger partial charge on any atom is 0.337 e. The minimum atomic E-state index is -0.994. The number of esters is 1. The van der Waals surface area contributed by atoms with E-state index in [9.17, 15) is 9.59 Å². The number of benzene rings is 1. The third kappa shape index (κ3) is 1.95. The summed E-state index contributed by atoms with van der Waals surface area (Å²) >= 11 is 0. The molecule has 0 aliphatic carbocycles. The van der Waals surface area contributed by atoms with Gasteiger partial charge in [0.05, 0.1) is 24.6 Å². The van der Waals surface area contributed by atoms with E-state index in [0.717, 1.165) is 16.6 Å². The number of hydrogen-bond donors (Lipinski definition) is 2. The number of hydrogen-bond acceptors (Lipinski definition) is 3. The van der Waals surface area contributed by atoms with Crippen LogP contribution in [0.4, 0.5) is 0 Å². The van der Waals surface area contributed by atoms with Gasteiger partial charge in [-0.3, -0.25) is 4.79 Å². The monoisotopic (exact) mass is 247 g/mol. The number of para-hydroxylation sites is 1. The lowest BCUT2D eigenvalue weighted by atomic mass is 10.1. The van der Waals surface area contributed by atoms with E-state index in [1.165, 1.54) is 13.2 Å². The zero-order chi connectivity index (χ0) is 13.3. The largest absolute Gasteiger partial charge is 0.478 e. The molecule has 1 aromatic heterocycles. The van der Waals surface area contributed by atoms with Crippen LogP contribution >= 0.6 is 0 Å². The maximum atomic E-state index is 11.3. The van der Waals surface area contributed by atoms with Crippen LogP contribution in [0, 0.1) is 6.92 Å². The molecule has 18 heavy (non-hydrogen) atoms. The first-order valence-electron chi connectivity index (χ1n) is 5.45.